The fraction of sp³-hybridized carbons (Fsp3) is 0.263. The molecule has 132 valence electrons. The van der Waals surface area contributed by atoms with Crippen molar-refractivity contribution >= 4 is 17.5 Å². The van der Waals surface area contributed by atoms with Gasteiger partial charge in [-0.25, -0.2) is 4.39 Å². The molecular formula is C19H21FN2O3. The summed E-state index contributed by atoms with van der Waals surface area (Å²) in [6, 6.07) is 10.4. The van der Waals surface area contributed by atoms with Crippen molar-refractivity contribution in [3.05, 3.63) is 65.0 Å². The third-order valence-electron chi connectivity index (χ3n) is 3.87. The van der Waals surface area contributed by atoms with Gasteiger partial charge in [-0.1, -0.05) is 18.2 Å². The second kappa shape index (κ2) is 7.44. The van der Waals surface area contributed by atoms with Crippen LogP contribution < -0.4 is 10.6 Å². The monoisotopic (exact) mass is 344 g/mol. The van der Waals surface area contributed by atoms with Gasteiger partial charge in [-0.2, -0.15) is 0 Å². The second-order valence-corrected chi connectivity index (χ2v) is 6.17. The van der Waals surface area contributed by atoms with Crippen molar-refractivity contribution in [3.63, 3.8) is 0 Å². The molecule has 0 saturated heterocycles. The molecule has 25 heavy (non-hydrogen) atoms. The number of halogens is 1. The first-order valence-corrected chi connectivity index (χ1v) is 7.84. The van der Waals surface area contributed by atoms with Gasteiger partial charge in [-0.05, 0) is 49.2 Å². The number of aryl methyl sites for hydroxylation is 1. The van der Waals surface area contributed by atoms with E-state index in [1.807, 2.05) is 6.92 Å². The predicted molar refractivity (Wildman–Crippen MR) is 93.8 cm³/mol. The van der Waals surface area contributed by atoms with Crippen LogP contribution in [0.1, 0.15) is 35.3 Å². The summed E-state index contributed by atoms with van der Waals surface area (Å²) in [5.74, 6) is -0.998. The summed E-state index contributed by atoms with van der Waals surface area (Å²) in [6.07, 6.45) is 0. The minimum Gasteiger partial charge on any atom is -0.384 e. The van der Waals surface area contributed by atoms with Gasteiger partial charge in [0, 0.05) is 18.2 Å². The van der Waals surface area contributed by atoms with E-state index >= 15 is 0 Å². The average molecular weight is 344 g/mol. The quantitative estimate of drug-likeness (QED) is 0.780. The number of hydrogen-bond acceptors (Lipinski definition) is 3. The molecule has 0 aliphatic rings. The van der Waals surface area contributed by atoms with Gasteiger partial charge in [0.1, 0.15) is 11.4 Å². The lowest BCUT2D eigenvalue weighted by atomic mass is 9.96. The number of amides is 2. The van der Waals surface area contributed by atoms with E-state index in [-0.39, 0.29) is 18.4 Å². The molecule has 3 N–H and O–H groups in total. The first kappa shape index (κ1) is 18.6. The van der Waals surface area contributed by atoms with E-state index in [1.54, 1.807) is 25.1 Å². The molecule has 0 spiro atoms. The Morgan fingerprint density at radius 2 is 1.80 bits per heavy atom. The summed E-state index contributed by atoms with van der Waals surface area (Å²) in [5.41, 5.74) is 0.922. The molecule has 0 aliphatic heterocycles. The lowest BCUT2D eigenvalue weighted by molar-refractivity contribution is -0.114. The van der Waals surface area contributed by atoms with Crippen LogP contribution in [-0.2, 0) is 10.4 Å². The van der Waals surface area contributed by atoms with E-state index in [1.165, 1.54) is 31.2 Å². The molecule has 0 radical (unpaired) electrons. The Labute approximate surface area is 145 Å². The Balaban J connectivity index is 2.09. The molecule has 0 aliphatic carbocycles. The molecular weight excluding hydrogens is 323 g/mol. The number of aliphatic hydroxyl groups is 1. The lowest BCUT2D eigenvalue weighted by Crippen LogP contribution is -2.38. The Kier molecular flexibility index (Phi) is 5.54. The van der Waals surface area contributed by atoms with Crippen LogP contribution in [0.5, 0.6) is 0 Å². The highest BCUT2D eigenvalue weighted by Gasteiger charge is 2.24. The number of nitrogens with one attached hydrogen (secondary N) is 2. The Hall–Kier alpha value is -2.73. The minimum atomic E-state index is -1.34. The van der Waals surface area contributed by atoms with Gasteiger partial charge in [-0.3, -0.25) is 9.59 Å². The third-order valence-corrected chi connectivity index (χ3v) is 3.87. The molecule has 0 aromatic heterocycles. The zero-order valence-electron chi connectivity index (χ0n) is 14.4. The van der Waals surface area contributed by atoms with E-state index in [4.69, 9.17) is 0 Å². The first-order chi connectivity index (χ1) is 11.7. The highest BCUT2D eigenvalue weighted by atomic mass is 19.1. The molecule has 0 bridgehead atoms. The summed E-state index contributed by atoms with van der Waals surface area (Å²) in [6.45, 7) is 4.72. The normalized spacial score (nSPS) is 13.0. The SMILES string of the molecule is CC(=O)Nc1cc(C(=O)NCC(C)(O)c2ccc(F)cc2)ccc1C. The number of hydrogen-bond donors (Lipinski definition) is 3. The van der Waals surface area contributed by atoms with Crippen molar-refractivity contribution in [2.24, 2.45) is 0 Å². The second-order valence-electron chi connectivity index (χ2n) is 6.17. The number of carbonyl (C=O) groups excluding carboxylic acids is 2. The molecule has 0 heterocycles. The van der Waals surface area contributed by atoms with E-state index in [0.717, 1.165) is 5.56 Å². The molecule has 2 rings (SSSR count). The summed E-state index contributed by atoms with van der Waals surface area (Å²) >= 11 is 0. The average Bonchev–Trinajstić information content (AvgIpc) is 2.55. The molecule has 0 fully saturated rings. The van der Waals surface area contributed by atoms with Crippen LogP contribution in [0, 0.1) is 12.7 Å². The maximum atomic E-state index is 13.0. The van der Waals surface area contributed by atoms with Gasteiger partial charge in [0.15, 0.2) is 0 Å². The smallest absolute Gasteiger partial charge is 0.251 e. The van der Waals surface area contributed by atoms with E-state index in [2.05, 4.69) is 10.6 Å². The Morgan fingerprint density at radius 3 is 2.40 bits per heavy atom. The zero-order chi connectivity index (χ0) is 18.6. The fourth-order valence-electron chi connectivity index (χ4n) is 2.35. The Bertz CT molecular complexity index is 786. The molecule has 0 saturated carbocycles. The van der Waals surface area contributed by atoms with Crippen LogP contribution in [0.2, 0.25) is 0 Å². The molecule has 6 heteroatoms. The molecule has 1 atom stereocenters. The number of benzene rings is 2. The maximum Gasteiger partial charge on any atom is 0.251 e. The van der Waals surface area contributed by atoms with Crippen molar-refractivity contribution < 1.29 is 19.1 Å². The zero-order valence-corrected chi connectivity index (χ0v) is 14.4. The fourth-order valence-corrected chi connectivity index (χ4v) is 2.35. The number of anilines is 1. The third kappa shape index (κ3) is 4.87. The van der Waals surface area contributed by atoms with Crippen LogP contribution in [0.4, 0.5) is 10.1 Å². The highest BCUT2D eigenvalue weighted by Crippen LogP contribution is 2.21. The van der Waals surface area contributed by atoms with Gasteiger partial charge >= 0.3 is 0 Å². The van der Waals surface area contributed by atoms with Crippen molar-refractivity contribution in [3.8, 4) is 0 Å². The van der Waals surface area contributed by atoms with Gasteiger partial charge in [0.05, 0.1) is 6.54 Å². The van der Waals surface area contributed by atoms with E-state index < -0.39 is 11.4 Å². The predicted octanol–water partition coefficient (Wildman–Crippen LogP) is 2.73. The van der Waals surface area contributed by atoms with E-state index in [0.29, 0.717) is 16.8 Å². The topological polar surface area (TPSA) is 78.4 Å². The summed E-state index contributed by atoms with van der Waals surface area (Å²) in [7, 11) is 0. The van der Waals surface area contributed by atoms with Crippen molar-refractivity contribution in [1.82, 2.24) is 5.32 Å². The molecule has 2 aromatic carbocycles. The lowest BCUT2D eigenvalue weighted by Gasteiger charge is -2.24. The van der Waals surface area contributed by atoms with Crippen LogP contribution in [-0.4, -0.2) is 23.5 Å². The van der Waals surface area contributed by atoms with Gasteiger partial charge in [-0.15, -0.1) is 0 Å². The highest BCUT2D eigenvalue weighted by molar-refractivity contribution is 5.97. The summed E-state index contributed by atoms with van der Waals surface area (Å²) in [5, 5.41) is 15.8. The molecule has 2 amide bonds. The molecule has 1 unspecified atom stereocenters. The van der Waals surface area contributed by atoms with Crippen molar-refractivity contribution in [2.45, 2.75) is 26.4 Å². The van der Waals surface area contributed by atoms with Gasteiger partial charge in [0.25, 0.3) is 5.91 Å². The number of rotatable bonds is 5. The summed E-state index contributed by atoms with van der Waals surface area (Å²) < 4.78 is 13.0. The molecule has 2 aromatic rings. The van der Waals surface area contributed by atoms with Crippen molar-refractivity contribution in [1.29, 1.82) is 0 Å². The van der Waals surface area contributed by atoms with E-state index in [9.17, 15) is 19.1 Å². The summed E-state index contributed by atoms with van der Waals surface area (Å²) in [4.78, 5) is 23.5. The Morgan fingerprint density at radius 1 is 1.16 bits per heavy atom. The van der Waals surface area contributed by atoms with Crippen LogP contribution in [0.15, 0.2) is 42.5 Å². The van der Waals surface area contributed by atoms with Crippen LogP contribution in [0.3, 0.4) is 0 Å². The molecule has 5 nitrogen and oxygen atoms in total. The minimum absolute atomic E-state index is 0.0409. The maximum absolute atomic E-state index is 13.0. The first-order valence-electron chi connectivity index (χ1n) is 7.84. The standard InChI is InChI=1S/C19H21FN2O3/c1-12-4-5-14(10-17(12)22-13(2)23)18(24)21-11-19(3,25)15-6-8-16(20)9-7-15/h4-10,25H,11H2,1-3H3,(H,21,24)(H,22,23). The van der Waals surface area contributed by atoms with Crippen LogP contribution >= 0.6 is 0 Å². The van der Waals surface area contributed by atoms with Crippen molar-refractivity contribution in [2.75, 3.05) is 11.9 Å². The van der Waals surface area contributed by atoms with Crippen LogP contribution in [0.25, 0.3) is 0 Å². The largest absolute Gasteiger partial charge is 0.384 e. The number of carbonyl (C=O) groups is 2. The van der Waals surface area contributed by atoms with Gasteiger partial charge < -0.3 is 15.7 Å². The van der Waals surface area contributed by atoms with Gasteiger partial charge in [0.2, 0.25) is 5.91 Å².